The number of aromatic nitrogens is 1. The third kappa shape index (κ3) is 3.80. The van der Waals surface area contributed by atoms with Gasteiger partial charge in [0, 0.05) is 37.3 Å². The summed E-state index contributed by atoms with van der Waals surface area (Å²) in [5, 5.41) is 12.4. The van der Waals surface area contributed by atoms with Crippen LogP contribution in [0.3, 0.4) is 0 Å². The van der Waals surface area contributed by atoms with E-state index in [0.29, 0.717) is 42.6 Å². The smallest absolute Gasteiger partial charge is 0.294 e. The number of amides is 1. The molecule has 5 rings (SSSR count). The zero-order valence-electron chi connectivity index (χ0n) is 16.7. The van der Waals surface area contributed by atoms with E-state index in [1.807, 2.05) is 29.2 Å². The number of rotatable bonds is 4. The van der Waals surface area contributed by atoms with Gasteiger partial charge >= 0.3 is 0 Å². The highest BCUT2D eigenvalue weighted by Crippen LogP contribution is 2.33. The van der Waals surface area contributed by atoms with Crippen molar-refractivity contribution in [1.29, 1.82) is 0 Å². The molecular weight excluding hydrogens is 452 g/mol. The summed E-state index contributed by atoms with van der Waals surface area (Å²) >= 11 is 7.42. The third-order valence-corrected chi connectivity index (χ3v) is 6.65. The number of halogens is 1. The molecule has 2 aromatic heterocycles. The largest absolute Gasteiger partial charge is 0.448 e. The number of carbonyl (C=O) groups excluding carboxylic acids is 1. The van der Waals surface area contributed by atoms with Crippen molar-refractivity contribution in [2.24, 2.45) is 0 Å². The molecule has 10 heteroatoms. The fourth-order valence-corrected chi connectivity index (χ4v) is 4.86. The molecule has 0 saturated carbocycles. The molecular formula is C22H17ClN4O4S. The number of benzene rings is 2. The highest BCUT2D eigenvalue weighted by Gasteiger charge is 2.28. The van der Waals surface area contributed by atoms with Crippen LogP contribution in [0.1, 0.15) is 10.6 Å². The Hall–Kier alpha value is -3.43. The second kappa shape index (κ2) is 8.25. The van der Waals surface area contributed by atoms with E-state index >= 15 is 0 Å². The summed E-state index contributed by atoms with van der Waals surface area (Å²) in [6.45, 7) is 1.80. The molecule has 1 amide bonds. The summed E-state index contributed by atoms with van der Waals surface area (Å²) in [6, 6.07) is 15.9. The number of carbonyl (C=O) groups is 1. The normalized spacial score (nSPS) is 14.2. The molecule has 0 spiro atoms. The molecule has 4 aromatic rings. The highest BCUT2D eigenvalue weighted by molar-refractivity contribution is 7.21. The molecule has 2 aromatic carbocycles. The first-order valence-corrected chi connectivity index (χ1v) is 11.1. The zero-order chi connectivity index (χ0) is 22.2. The Kier molecular flexibility index (Phi) is 5.28. The highest BCUT2D eigenvalue weighted by atomic mass is 35.5. The second-order valence-corrected chi connectivity index (χ2v) is 8.79. The SMILES string of the molecule is O=C(c1ccc(-c2nc3ccccc3s2)o1)N1CCN(c2ccc(Cl)cc2[N+](=O)[O-])CC1. The van der Waals surface area contributed by atoms with Gasteiger partial charge in [0.2, 0.25) is 0 Å². The van der Waals surface area contributed by atoms with Gasteiger partial charge in [-0.1, -0.05) is 23.7 Å². The fourth-order valence-electron chi connectivity index (χ4n) is 3.76. The standard InChI is InChI=1S/C22H17ClN4O4S/c23-14-5-6-16(17(13-14)27(29)30)25-9-11-26(12-10-25)22(28)19-8-7-18(31-19)21-24-15-3-1-2-4-20(15)32-21/h1-8,13H,9-12H2. The average molecular weight is 469 g/mol. The summed E-state index contributed by atoms with van der Waals surface area (Å²) in [5.74, 6) is 0.609. The molecule has 1 saturated heterocycles. The van der Waals surface area contributed by atoms with Crippen molar-refractivity contribution >= 4 is 50.4 Å². The molecule has 8 nitrogen and oxygen atoms in total. The maximum atomic E-state index is 13.0. The molecule has 0 atom stereocenters. The van der Waals surface area contributed by atoms with Crippen LogP contribution in [0.5, 0.6) is 0 Å². The van der Waals surface area contributed by atoms with Gasteiger partial charge in [0.25, 0.3) is 11.6 Å². The predicted octanol–water partition coefficient (Wildman–Crippen LogP) is 5.08. The van der Waals surface area contributed by atoms with Crippen molar-refractivity contribution in [2.45, 2.75) is 0 Å². The third-order valence-electron chi connectivity index (χ3n) is 5.36. The maximum Gasteiger partial charge on any atom is 0.294 e. The predicted molar refractivity (Wildman–Crippen MR) is 124 cm³/mol. The molecule has 0 unspecified atom stereocenters. The van der Waals surface area contributed by atoms with Gasteiger partial charge in [0.05, 0.1) is 15.1 Å². The number of hydrogen-bond acceptors (Lipinski definition) is 7. The summed E-state index contributed by atoms with van der Waals surface area (Å²) in [4.78, 5) is 32.1. The molecule has 32 heavy (non-hydrogen) atoms. The molecule has 3 heterocycles. The van der Waals surface area contributed by atoms with Gasteiger partial charge in [-0.15, -0.1) is 11.3 Å². The van der Waals surface area contributed by atoms with Crippen molar-refractivity contribution in [3.8, 4) is 10.8 Å². The van der Waals surface area contributed by atoms with E-state index in [1.54, 1.807) is 29.2 Å². The van der Waals surface area contributed by atoms with Crippen molar-refractivity contribution < 1.29 is 14.1 Å². The lowest BCUT2D eigenvalue weighted by molar-refractivity contribution is -0.384. The maximum absolute atomic E-state index is 13.0. The van der Waals surface area contributed by atoms with Crippen molar-refractivity contribution in [3.05, 3.63) is 75.5 Å². The van der Waals surface area contributed by atoms with Gasteiger partial charge in [-0.2, -0.15) is 0 Å². The molecule has 0 bridgehead atoms. The lowest BCUT2D eigenvalue weighted by Crippen LogP contribution is -2.48. The Morgan fingerprint density at radius 3 is 2.62 bits per heavy atom. The van der Waals surface area contributed by atoms with Crippen LogP contribution in [0.4, 0.5) is 11.4 Å². The van der Waals surface area contributed by atoms with Gasteiger partial charge in [-0.25, -0.2) is 4.98 Å². The molecule has 1 aliphatic heterocycles. The summed E-state index contributed by atoms with van der Waals surface area (Å²) in [7, 11) is 0. The van der Waals surface area contributed by atoms with Crippen LogP contribution in [0.15, 0.2) is 59.0 Å². The Bertz CT molecular complexity index is 1290. The summed E-state index contributed by atoms with van der Waals surface area (Å²) < 4.78 is 6.88. The minimum atomic E-state index is -0.439. The number of nitro benzene ring substituents is 1. The number of furan rings is 1. The van der Waals surface area contributed by atoms with E-state index in [4.69, 9.17) is 16.0 Å². The number of fused-ring (bicyclic) bond motifs is 1. The quantitative estimate of drug-likeness (QED) is 0.306. The lowest BCUT2D eigenvalue weighted by atomic mass is 10.2. The minimum absolute atomic E-state index is 0.0382. The first kappa shape index (κ1) is 20.5. The van der Waals surface area contributed by atoms with Crippen molar-refractivity contribution in [3.63, 3.8) is 0 Å². The van der Waals surface area contributed by atoms with E-state index in [1.165, 1.54) is 17.4 Å². The Morgan fingerprint density at radius 2 is 1.88 bits per heavy atom. The van der Waals surface area contributed by atoms with E-state index in [9.17, 15) is 14.9 Å². The fraction of sp³-hybridized carbons (Fsp3) is 0.182. The number of nitrogens with zero attached hydrogens (tertiary/aromatic N) is 4. The van der Waals surface area contributed by atoms with Gasteiger partial charge in [-0.3, -0.25) is 14.9 Å². The summed E-state index contributed by atoms with van der Waals surface area (Å²) in [6.07, 6.45) is 0. The van der Waals surface area contributed by atoms with Crippen LogP contribution < -0.4 is 4.90 Å². The van der Waals surface area contributed by atoms with E-state index < -0.39 is 4.92 Å². The van der Waals surface area contributed by atoms with Gasteiger partial charge in [-0.05, 0) is 36.4 Å². The Labute approximate surface area is 191 Å². The summed E-state index contributed by atoms with van der Waals surface area (Å²) in [5.41, 5.74) is 1.36. The van der Waals surface area contributed by atoms with E-state index in [0.717, 1.165) is 15.2 Å². The molecule has 162 valence electrons. The molecule has 0 aliphatic carbocycles. The van der Waals surface area contributed by atoms with Gasteiger partial charge < -0.3 is 14.2 Å². The number of para-hydroxylation sites is 1. The van der Waals surface area contributed by atoms with Crippen LogP contribution in [0.2, 0.25) is 5.02 Å². The molecule has 0 N–H and O–H groups in total. The Morgan fingerprint density at radius 1 is 1.09 bits per heavy atom. The first-order valence-electron chi connectivity index (χ1n) is 9.93. The topological polar surface area (TPSA) is 92.7 Å². The van der Waals surface area contributed by atoms with E-state index in [-0.39, 0.29) is 17.4 Å². The molecule has 0 radical (unpaired) electrons. The van der Waals surface area contributed by atoms with Gasteiger partial charge in [0.1, 0.15) is 5.69 Å². The van der Waals surface area contributed by atoms with Crippen LogP contribution >= 0.6 is 22.9 Å². The number of hydrogen-bond donors (Lipinski definition) is 0. The monoisotopic (exact) mass is 468 g/mol. The molecule has 1 aliphatic rings. The number of anilines is 1. The van der Waals surface area contributed by atoms with Crippen molar-refractivity contribution in [2.75, 3.05) is 31.1 Å². The molecule has 1 fully saturated rings. The van der Waals surface area contributed by atoms with Crippen LogP contribution in [-0.4, -0.2) is 46.9 Å². The number of thiazole rings is 1. The number of nitro groups is 1. The van der Waals surface area contributed by atoms with Crippen LogP contribution in [0.25, 0.3) is 21.0 Å². The second-order valence-electron chi connectivity index (χ2n) is 7.32. The first-order chi connectivity index (χ1) is 15.5. The van der Waals surface area contributed by atoms with Crippen molar-refractivity contribution in [1.82, 2.24) is 9.88 Å². The zero-order valence-corrected chi connectivity index (χ0v) is 18.3. The lowest BCUT2D eigenvalue weighted by Gasteiger charge is -2.35. The van der Waals surface area contributed by atoms with E-state index in [2.05, 4.69) is 4.98 Å². The Balaban J connectivity index is 1.29. The van der Waals surface area contributed by atoms with Crippen LogP contribution in [0, 0.1) is 10.1 Å². The van der Waals surface area contributed by atoms with Crippen LogP contribution in [-0.2, 0) is 0 Å². The average Bonchev–Trinajstić information content (AvgIpc) is 3.46. The minimum Gasteiger partial charge on any atom is -0.448 e. The number of piperazine rings is 1. The van der Waals surface area contributed by atoms with Gasteiger partial charge in [0.15, 0.2) is 16.5 Å².